The van der Waals surface area contributed by atoms with Crippen molar-refractivity contribution < 1.29 is 14.6 Å². The molecule has 3 N–H and O–H groups in total. The highest BCUT2D eigenvalue weighted by atomic mass is 16.5. The number of aliphatic hydroxyl groups is 1. The third-order valence-electron chi connectivity index (χ3n) is 3.81. The van der Waals surface area contributed by atoms with Crippen LogP contribution in [0.5, 0.6) is 0 Å². The molecule has 0 aliphatic carbocycles. The van der Waals surface area contributed by atoms with E-state index in [0.717, 1.165) is 24.1 Å². The van der Waals surface area contributed by atoms with Gasteiger partial charge in [0.05, 0.1) is 6.10 Å². The first-order chi connectivity index (χ1) is 10.6. The minimum atomic E-state index is -0.711. The number of hydrogen-bond acceptors (Lipinski definition) is 4. The first-order valence-corrected chi connectivity index (χ1v) is 7.63. The summed E-state index contributed by atoms with van der Waals surface area (Å²) in [5.41, 5.74) is 1.86. The first-order valence-electron chi connectivity index (χ1n) is 7.63. The fraction of sp³-hybridized carbons (Fsp3) is 0.562. The molecule has 1 aromatic carbocycles. The van der Waals surface area contributed by atoms with Crippen molar-refractivity contribution in [3.05, 3.63) is 29.8 Å². The average Bonchev–Trinajstić information content (AvgIpc) is 2.53. The van der Waals surface area contributed by atoms with Gasteiger partial charge in [-0.05, 0) is 30.5 Å². The molecule has 0 aromatic heterocycles. The Morgan fingerprint density at radius 3 is 2.55 bits per heavy atom. The van der Waals surface area contributed by atoms with E-state index in [9.17, 15) is 9.90 Å². The molecule has 1 aliphatic heterocycles. The van der Waals surface area contributed by atoms with Crippen molar-refractivity contribution in [3.8, 4) is 0 Å². The second-order valence-electron chi connectivity index (χ2n) is 5.74. The molecule has 1 fully saturated rings. The fourth-order valence-electron chi connectivity index (χ4n) is 2.38. The van der Waals surface area contributed by atoms with Gasteiger partial charge in [0.25, 0.3) is 0 Å². The molecule has 6 nitrogen and oxygen atoms in total. The summed E-state index contributed by atoms with van der Waals surface area (Å²) in [5, 5.41) is 15.7. The van der Waals surface area contributed by atoms with Crippen molar-refractivity contribution in [2.75, 3.05) is 38.8 Å². The Hall–Kier alpha value is -1.79. The van der Waals surface area contributed by atoms with Gasteiger partial charge in [-0.15, -0.1) is 0 Å². The number of carbonyl (C=O) groups is 1. The normalized spacial score (nSPS) is 16.9. The van der Waals surface area contributed by atoms with Crippen molar-refractivity contribution in [1.29, 1.82) is 0 Å². The maximum Gasteiger partial charge on any atom is 0.315 e. The van der Waals surface area contributed by atoms with E-state index in [1.165, 1.54) is 0 Å². The Balaban J connectivity index is 1.76. The van der Waals surface area contributed by atoms with E-state index >= 15 is 0 Å². The highest BCUT2D eigenvalue weighted by Crippen LogP contribution is 2.17. The predicted molar refractivity (Wildman–Crippen MR) is 86.1 cm³/mol. The lowest BCUT2D eigenvalue weighted by atomic mass is 10.1. The topological polar surface area (TPSA) is 73.8 Å². The zero-order chi connectivity index (χ0) is 15.9. The van der Waals surface area contributed by atoms with Crippen molar-refractivity contribution in [2.45, 2.75) is 25.0 Å². The van der Waals surface area contributed by atoms with Crippen LogP contribution in [-0.4, -0.2) is 51.0 Å². The summed E-state index contributed by atoms with van der Waals surface area (Å²) < 4.78 is 5.25. The van der Waals surface area contributed by atoms with Gasteiger partial charge < -0.3 is 25.4 Å². The van der Waals surface area contributed by atoms with Crippen LogP contribution < -0.4 is 15.5 Å². The first kappa shape index (κ1) is 16.6. The van der Waals surface area contributed by atoms with Crippen molar-refractivity contribution in [1.82, 2.24) is 10.6 Å². The highest BCUT2D eigenvalue weighted by molar-refractivity contribution is 5.74. The SMILES string of the molecule is CN(C)c1ccc([C@H](O)CNC(=O)NC2CCOCC2)cc1. The third-order valence-corrected chi connectivity index (χ3v) is 3.81. The molecule has 0 spiro atoms. The Morgan fingerprint density at radius 2 is 1.95 bits per heavy atom. The summed E-state index contributed by atoms with van der Waals surface area (Å²) in [5.74, 6) is 0. The number of urea groups is 1. The summed E-state index contributed by atoms with van der Waals surface area (Å²) >= 11 is 0. The standard InChI is InChI=1S/C16H25N3O3/c1-19(2)14-5-3-12(4-6-14)15(20)11-17-16(21)18-13-7-9-22-10-8-13/h3-6,13,15,20H,7-11H2,1-2H3,(H2,17,18,21)/t15-/m1/s1. The Bertz CT molecular complexity index is 470. The number of nitrogens with zero attached hydrogens (tertiary/aromatic N) is 1. The molecule has 1 heterocycles. The number of rotatable bonds is 5. The second-order valence-corrected chi connectivity index (χ2v) is 5.74. The molecular weight excluding hydrogens is 282 g/mol. The third kappa shape index (κ3) is 4.89. The Morgan fingerprint density at radius 1 is 1.32 bits per heavy atom. The molecule has 0 saturated carbocycles. The number of anilines is 1. The summed E-state index contributed by atoms with van der Waals surface area (Å²) in [6.07, 6.45) is 0.959. The fourth-order valence-corrected chi connectivity index (χ4v) is 2.38. The van der Waals surface area contributed by atoms with E-state index in [-0.39, 0.29) is 18.6 Å². The molecule has 6 heteroatoms. The molecule has 122 valence electrons. The van der Waals surface area contributed by atoms with Crippen molar-refractivity contribution >= 4 is 11.7 Å². The molecular formula is C16H25N3O3. The smallest absolute Gasteiger partial charge is 0.315 e. The van der Waals surface area contributed by atoms with Crippen LogP contribution in [-0.2, 0) is 4.74 Å². The van der Waals surface area contributed by atoms with Crippen LogP contribution in [0, 0.1) is 0 Å². The quantitative estimate of drug-likeness (QED) is 0.766. The number of ether oxygens (including phenoxy) is 1. The summed E-state index contributed by atoms with van der Waals surface area (Å²) in [6, 6.07) is 7.55. The van der Waals surface area contributed by atoms with Gasteiger partial charge in [0.15, 0.2) is 0 Å². The lowest BCUT2D eigenvalue weighted by molar-refractivity contribution is 0.0798. The highest BCUT2D eigenvalue weighted by Gasteiger charge is 2.16. The van der Waals surface area contributed by atoms with Crippen LogP contribution in [0.1, 0.15) is 24.5 Å². The predicted octanol–water partition coefficient (Wildman–Crippen LogP) is 1.26. The van der Waals surface area contributed by atoms with E-state index in [2.05, 4.69) is 10.6 Å². The molecule has 2 amide bonds. The number of carbonyl (C=O) groups excluding carboxylic acids is 1. The molecule has 1 aliphatic rings. The van der Waals surface area contributed by atoms with Gasteiger partial charge in [-0.25, -0.2) is 4.79 Å². The molecule has 0 bridgehead atoms. The monoisotopic (exact) mass is 307 g/mol. The molecule has 1 saturated heterocycles. The van der Waals surface area contributed by atoms with E-state index in [0.29, 0.717) is 13.2 Å². The van der Waals surface area contributed by atoms with Crippen LogP contribution in [0.4, 0.5) is 10.5 Å². The van der Waals surface area contributed by atoms with Crippen LogP contribution >= 0.6 is 0 Å². The lowest BCUT2D eigenvalue weighted by Crippen LogP contribution is -2.45. The van der Waals surface area contributed by atoms with E-state index in [1.54, 1.807) is 0 Å². The van der Waals surface area contributed by atoms with Crippen LogP contribution in [0.15, 0.2) is 24.3 Å². The lowest BCUT2D eigenvalue weighted by Gasteiger charge is -2.23. The molecule has 0 radical (unpaired) electrons. The zero-order valence-electron chi connectivity index (χ0n) is 13.2. The molecule has 1 aromatic rings. The Kier molecular flexibility index (Phi) is 6.03. The van der Waals surface area contributed by atoms with Gasteiger partial charge in [0.2, 0.25) is 0 Å². The summed E-state index contributed by atoms with van der Waals surface area (Å²) in [7, 11) is 3.93. The number of hydrogen-bond donors (Lipinski definition) is 3. The van der Waals surface area contributed by atoms with Gasteiger partial charge in [-0.2, -0.15) is 0 Å². The molecule has 1 atom stereocenters. The van der Waals surface area contributed by atoms with E-state index in [1.807, 2.05) is 43.3 Å². The van der Waals surface area contributed by atoms with Crippen LogP contribution in [0.25, 0.3) is 0 Å². The summed E-state index contributed by atoms with van der Waals surface area (Å²) in [4.78, 5) is 13.8. The number of nitrogens with one attached hydrogen (secondary N) is 2. The zero-order valence-corrected chi connectivity index (χ0v) is 13.2. The van der Waals surface area contributed by atoms with Gasteiger partial charge in [0, 0.05) is 45.6 Å². The van der Waals surface area contributed by atoms with Crippen LogP contribution in [0.3, 0.4) is 0 Å². The largest absolute Gasteiger partial charge is 0.387 e. The second kappa shape index (κ2) is 8.00. The minimum Gasteiger partial charge on any atom is -0.387 e. The van der Waals surface area contributed by atoms with Crippen LogP contribution in [0.2, 0.25) is 0 Å². The maximum atomic E-state index is 11.8. The molecule has 0 unspecified atom stereocenters. The molecule has 2 rings (SSSR count). The number of amides is 2. The van der Waals surface area contributed by atoms with Crippen molar-refractivity contribution in [3.63, 3.8) is 0 Å². The number of aliphatic hydroxyl groups excluding tert-OH is 1. The molecule has 22 heavy (non-hydrogen) atoms. The maximum absolute atomic E-state index is 11.8. The Labute approximate surface area is 131 Å². The average molecular weight is 307 g/mol. The van der Waals surface area contributed by atoms with E-state index < -0.39 is 6.10 Å². The van der Waals surface area contributed by atoms with Gasteiger partial charge in [-0.3, -0.25) is 0 Å². The van der Waals surface area contributed by atoms with Gasteiger partial charge in [0.1, 0.15) is 0 Å². The van der Waals surface area contributed by atoms with Crippen molar-refractivity contribution in [2.24, 2.45) is 0 Å². The van der Waals surface area contributed by atoms with Gasteiger partial charge in [-0.1, -0.05) is 12.1 Å². The van der Waals surface area contributed by atoms with E-state index in [4.69, 9.17) is 4.74 Å². The summed E-state index contributed by atoms with van der Waals surface area (Å²) in [6.45, 7) is 1.56. The minimum absolute atomic E-state index is 0.158. The number of benzene rings is 1. The van der Waals surface area contributed by atoms with Gasteiger partial charge >= 0.3 is 6.03 Å².